The van der Waals surface area contributed by atoms with Crippen molar-refractivity contribution in [3.63, 3.8) is 0 Å². The van der Waals surface area contributed by atoms with Crippen LogP contribution in [0.1, 0.15) is 28.0 Å². The Bertz CT molecular complexity index is 1540. The number of benzene rings is 3. The van der Waals surface area contributed by atoms with Gasteiger partial charge in [0.25, 0.3) is 0 Å². The Hall–Kier alpha value is -3.76. The monoisotopic (exact) mass is 465 g/mol. The second kappa shape index (κ2) is 8.23. The quantitative estimate of drug-likeness (QED) is 0.273. The molecule has 1 aliphatic rings. The minimum atomic E-state index is -0.0642. The fourth-order valence-electron chi connectivity index (χ4n) is 5.21. The number of hydrogen-bond donors (Lipinski definition) is 2. The molecular weight excluding hydrogens is 442 g/mol. The smallest absolute Gasteiger partial charge is 0.198 e. The number of nitrogens with zero attached hydrogens (tertiary/aromatic N) is 1. The Labute approximate surface area is 203 Å². The lowest BCUT2D eigenvalue weighted by Gasteiger charge is -2.20. The van der Waals surface area contributed by atoms with E-state index in [1.165, 1.54) is 0 Å². The number of hydrogen-bond acceptors (Lipinski definition) is 2. The van der Waals surface area contributed by atoms with Gasteiger partial charge in [0.05, 0.1) is 16.3 Å². The molecule has 0 bridgehead atoms. The van der Waals surface area contributed by atoms with Crippen molar-refractivity contribution in [1.82, 2.24) is 9.55 Å². The standard InChI is InChI=1S/C29H24ClN3O/c1-18-24(21-13-6-8-15-23(21)32-18)25-26(28(34)20-12-5-7-14-22(20)30)29-31-16-9-17-33(29)27(25)19-10-3-2-4-11-19/h2-8,10-15,31-32H,9,16-17H2,1H3. The van der Waals surface area contributed by atoms with Crippen LogP contribution in [-0.2, 0) is 6.54 Å². The van der Waals surface area contributed by atoms with Crippen molar-refractivity contribution in [3.8, 4) is 22.4 Å². The summed E-state index contributed by atoms with van der Waals surface area (Å²) in [4.78, 5) is 17.7. The highest BCUT2D eigenvalue weighted by Crippen LogP contribution is 2.47. The summed E-state index contributed by atoms with van der Waals surface area (Å²) in [6.07, 6.45) is 0.994. The van der Waals surface area contributed by atoms with Gasteiger partial charge in [-0.05, 0) is 37.1 Å². The molecule has 4 nitrogen and oxygen atoms in total. The van der Waals surface area contributed by atoms with E-state index in [4.69, 9.17) is 11.6 Å². The molecule has 0 unspecified atom stereocenters. The average Bonchev–Trinajstić information content (AvgIpc) is 3.38. The van der Waals surface area contributed by atoms with Gasteiger partial charge in [-0.15, -0.1) is 0 Å². The molecule has 2 aromatic heterocycles. The molecule has 0 aliphatic carbocycles. The van der Waals surface area contributed by atoms with Crippen LogP contribution in [0.25, 0.3) is 33.3 Å². The minimum absolute atomic E-state index is 0.0642. The Balaban J connectivity index is 1.76. The van der Waals surface area contributed by atoms with Crippen LogP contribution in [0.5, 0.6) is 0 Å². The van der Waals surface area contributed by atoms with Gasteiger partial charge in [0.1, 0.15) is 5.82 Å². The number of halogens is 1. The van der Waals surface area contributed by atoms with Crippen LogP contribution in [0.15, 0.2) is 78.9 Å². The molecule has 0 atom stereocenters. The average molecular weight is 466 g/mol. The number of aromatic nitrogens is 2. The highest BCUT2D eigenvalue weighted by atomic mass is 35.5. The first-order valence-corrected chi connectivity index (χ1v) is 12.0. The molecule has 3 heterocycles. The molecule has 6 rings (SSSR count). The lowest BCUT2D eigenvalue weighted by atomic mass is 9.91. The molecule has 168 valence electrons. The maximum Gasteiger partial charge on any atom is 0.198 e. The van der Waals surface area contributed by atoms with E-state index in [2.05, 4.69) is 46.1 Å². The number of para-hydroxylation sites is 1. The maximum atomic E-state index is 14.2. The predicted molar refractivity (Wildman–Crippen MR) is 140 cm³/mol. The summed E-state index contributed by atoms with van der Waals surface area (Å²) in [5.74, 6) is 0.806. The molecular formula is C29H24ClN3O. The van der Waals surface area contributed by atoms with Crippen LogP contribution < -0.4 is 5.32 Å². The van der Waals surface area contributed by atoms with Gasteiger partial charge in [0.2, 0.25) is 0 Å². The molecule has 0 fully saturated rings. The highest BCUT2D eigenvalue weighted by molar-refractivity contribution is 6.36. The van der Waals surface area contributed by atoms with E-state index >= 15 is 0 Å². The predicted octanol–water partition coefficient (Wildman–Crippen LogP) is 7.31. The maximum absolute atomic E-state index is 14.2. The minimum Gasteiger partial charge on any atom is -0.371 e. The van der Waals surface area contributed by atoms with Crippen molar-refractivity contribution in [2.45, 2.75) is 19.9 Å². The molecule has 0 spiro atoms. The van der Waals surface area contributed by atoms with Gasteiger partial charge in [-0.2, -0.15) is 0 Å². The molecule has 34 heavy (non-hydrogen) atoms. The summed E-state index contributed by atoms with van der Waals surface area (Å²) >= 11 is 6.53. The molecule has 5 heteroatoms. The summed E-state index contributed by atoms with van der Waals surface area (Å²) in [6.45, 7) is 3.75. The topological polar surface area (TPSA) is 49.8 Å². The zero-order valence-electron chi connectivity index (χ0n) is 18.9. The van der Waals surface area contributed by atoms with Gasteiger partial charge < -0.3 is 14.9 Å². The van der Waals surface area contributed by atoms with Gasteiger partial charge >= 0.3 is 0 Å². The van der Waals surface area contributed by atoms with Crippen molar-refractivity contribution < 1.29 is 4.79 Å². The van der Waals surface area contributed by atoms with Crippen LogP contribution >= 0.6 is 11.6 Å². The molecule has 0 saturated heterocycles. The molecule has 3 aromatic carbocycles. The first-order valence-electron chi connectivity index (χ1n) is 11.6. The summed E-state index contributed by atoms with van der Waals surface area (Å²) in [7, 11) is 0. The number of aromatic amines is 1. The number of carbonyl (C=O) groups excluding carboxylic acids is 1. The summed E-state index contributed by atoms with van der Waals surface area (Å²) in [5.41, 5.74) is 7.46. The lowest BCUT2D eigenvalue weighted by Crippen LogP contribution is -2.19. The van der Waals surface area contributed by atoms with Crippen LogP contribution in [0, 0.1) is 6.92 Å². The third-order valence-corrected chi connectivity index (χ3v) is 6.98. The van der Waals surface area contributed by atoms with Crippen molar-refractivity contribution in [2.24, 2.45) is 0 Å². The number of rotatable bonds is 4. The molecule has 1 aliphatic heterocycles. The van der Waals surface area contributed by atoms with Crippen molar-refractivity contribution in [3.05, 3.63) is 101 Å². The fraction of sp³-hybridized carbons (Fsp3) is 0.138. The Morgan fingerprint density at radius 3 is 2.47 bits per heavy atom. The molecule has 0 saturated carbocycles. The molecule has 0 amide bonds. The molecule has 0 radical (unpaired) electrons. The van der Waals surface area contributed by atoms with Gasteiger partial charge in [0, 0.05) is 46.4 Å². The highest BCUT2D eigenvalue weighted by Gasteiger charge is 2.33. The van der Waals surface area contributed by atoms with Crippen LogP contribution in [0.2, 0.25) is 5.02 Å². The second-order valence-electron chi connectivity index (χ2n) is 8.72. The number of carbonyl (C=O) groups is 1. The summed E-state index contributed by atoms with van der Waals surface area (Å²) in [5, 5.41) is 5.12. The number of nitrogens with one attached hydrogen (secondary N) is 2. The number of anilines is 1. The van der Waals surface area contributed by atoms with Crippen molar-refractivity contribution in [1.29, 1.82) is 0 Å². The van der Waals surface area contributed by atoms with Gasteiger partial charge in [-0.25, -0.2) is 0 Å². The second-order valence-corrected chi connectivity index (χ2v) is 9.13. The van der Waals surface area contributed by atoms with Crippen LogP contribution in [0.4, 0.5) is 5.82 Å². The van der Waals surface area contributed by atoms with E-state index in [1.54, 1.807) is 6.07 Å². The molecule has 2 N–H and O–H groups in total. The summed E-state index contributed by atoms with van der Waals surface area (Å²) < 4.78 is 2.28. The number of fused-ring (bicyclic) bond motifs is 2. The van der Waals surface area contributed by atoms with Crippen LogP contribution in [0.3, 0.4) is 0 Å². The Morgan fingerprint density at radius 1 is 0.912 bits per heavy atom. The zero-order valence-corrected chi connectivity index (χ0v) is 19.6. The zero-order chi connectivity index (χ0) is 23.2. The third kappa shape index (κ3) is 3.17. The lowest BCUT2D eigenvalue weighted by molar-refractivity contribution is 0.104. The van der Waals surface area contributed by atoms with Crippen molar-refractivity contribution in [2.75, 3.05) is 11.9 Å². The van der Waals surface area contributed by atoms with E-state index in [9.17, 15) is 4.79 Å². The van der Waals surface area contributed by atoms with E-state index in [-0.39, 0.29) is 5.78 Å². The summed E-state index contributed by atoms with van der Waals surface area (Å²) in [6, 6.07) is 25.9. The van der Waals surface area contributed by atoms with Crippen molar-refractivity contribution >= 4 is 34.1 Å². The Morgan fingerprint density at radius 2 is 1.65 bits per heavy atom. The largest absolute Gasteiger partial charge is 0.371 e. The SMILES string of the molecule is Cc1[nH]c2ccccc2c1-c1c(C(=O)c2ccccc2Cl)c2n(c1-c1ccccc1)CCCN2. The number of H-pyrrole nitrogens is 1. The van der Waals surface area contributed by atoms with Crippen LogP contribution in [-0.4, -0.2) is 21.9 Å². The fourth-order valence-corrected chi connectivity index (χ4v) is 5.43. The van der Waals surface area contributed by atoms with E-state index in [0.717, 1.165) is 64.3 Å². The first kappa shape index (κ1) is 20.8. The molecule has 5 aromatic rings. The normalized spacial score (nSPS) is 13.0. The van der Waals surface area contributed by atoms with Gasteiger partial charge in [0.15, 0.2) is 5.78 Å². The third-order valence-electron chi connectivity index (χ3n) is 6.65. The number of aryl methyl sites for hydroxylation is 1. The Kier molecular flexibility index (Phi) is 5.04. The van der Waals surface area contributed by atoms with E-state index in [0.29, 0.717) is 16.1 Å². The van der Waals surface area contributed by atoms with E-state index < -0.39 is 0 Å². The first-order chi connectivity index (χ1) is 16.6. The van der Waals surface area contributed by atoms with Gasteiger partial charge in [-0.3, -0.25) is 4.79 Å². The van der Waals surface area contributed by atoms with Gasteiger partial charge in [-0.1, -0.05) is 72.3 Å². The number of ketones is 1. The van der Waals surface area contributed by atoms with E-state index in [1.807, 2.05) is 48.5 Å².